The van der Waals surface area contributed by atoms with Crippen LogP contribution in [0.1, 0.15) is 19.3 Å². The molecule has 1 aromatic rings. The van der Waals surface area contributed by atoms with E-state index in [1.54, 1.807) is 19.4 Å². The van der Waals surface area contributed by atoms with Crippen molar-refractivity contribution in [1.82, 2.24) is 20.2 Å². The van der Waals surface area contributed by atoms with E-state index in [0.717, 1.165) is 19.3 Å². The fraction of sp³-hybridized carbons (Fsp3) is 0.600. The van der Waals surface area contributed by atoms with Crippen LogP contribution >= 0.6 is 0 Å². The summed E-state index contributed by atoms with van der Waals surface area (Å²) in [6.45, 7) is 0.623. The van der Waals surface area contributed by atoms with E-state index in [-0.39, 0.29) is 12.3 Å². The fourth-order valence-electron chi connectivity index (χ4n) is 1.40. The third-order valence-corrected chi connectivity index (χ3v) is 2.39. The molecule has 0 aliphatic rings. The summed E-state index contributed by atoms with van der Waals surface area (Å²) in [7, 11) is 6.86. The van der Waals surface area contributed by atoms with Crippen LogP contribution in [0.4, 0.5) is 4.79 Å². The molecular weight excluding hydrogens is 219 g/mol. The molecule has 17 heavy (non-hydrogen) atoms. The number of nitrogens with zero attached hydrogens (tertiary/aromatic N) is 2. The van der Waals surface area contributed by atoms with Gasteiger partial charge in [-0.25, -0.2) is 9.78 Å². The normalized spacial score (nSPS) is 12.3. The van der Waals surface area contributed by atoms with Crippen LogP contribution in [0.25, 0.3) is 0 Å². The molecule has 1 unspecified atom stereocenters. The fourth-order valence-corrected chi connectivity index (χ4v) is 1.40. The first-order valence-electron chi connectivity index (χ1n) is 5.57. The van der Waals surface area contributed by atoms with E-state index in [2.05, 4.69) is 20.3 Å². The summed E-state index contributed by atoms with van der Waals surface area (Å²) < 4.78 is 6.08. The Kier molecular flexibility index (Phi) is 6.35. The van der Waals surface area contributed by atoms with E-state index < -0.39 is 0 Å². The zero-order chi connectivity index (χ0) is 12.5. The predicted molar refractivity (Wildman–Crippen MR) is 64.6 cm³/mol. The largest absolute Gasteiger partial charge is 0.433 e. The van der Waals surface area contributed by atoms with Crippen molar-refractivity contribution in [3.05, 3.63) is 18.7 Å². The highest BCUT2D eigenvalue weighted by Gasteiger charge is 2.04. The molecular formula is C10H17BN4O2. The minimum atomic E-state index is -0.164. The molecule has 6 nitrogen and oxygen atoms in total. The van der Waals surface area contributed by atoms with Gasteiger partial charge in [-0.15, -0.1) is 0 Å². The summed E-state index contributed by atoms with van der Waals surface area (Å²) in [5.41, 5.74) is 0. The lowest BCUT2D eigenvalue weighted by atomic mass is 10.2. The Hall–Kier alpha value is -1.34. The van der Waals surface area contributed by atoms with E-state index in [9.17, 15) is 4.79 Å². The van der Waals surface area contributed by atoms with Crippen molar-refractivity contribution >= 4 is 14.1 Å². The molecule has 0 bridgehead atoms. The summed E-state index contributed by atoms with van der Waals surface area (Å²) >= 11 is 0. The molecule has 0 aromatic carbocycles. The van der Waals surface area contributed by atoms with Crippen molar-refractivity contribution in [3.63, 3.8) is 0 Å². The highest BCUT2D eigenvalue weighted by Crippen LogP contribution is 2.00. The minimum absolute atomic E-state index is 0.126. The Morgan fingerprint density at radius 1 is 1.59 bits per heavy atom. The number of hydrogen-bond donors (Lipinski definition) is 2. The molecule has 7 heteroatoms. The topological polar surface area (TPSA) is 68.2 Å². The number of hydrogen-bond acceptors (Lipinski definition) is 4. The second-order valence-corrected chi connectivity index (χ2v) is 3.61. The van der Waals surface area contributed by atoms with Crippen LogP contribution in [0.5, 0.6) is 0 Å². The maximum absolute atomic E-state index is 11.5. The number of carbonyl (C=O) groups excluding carboxylic acids is 1. The molecule has 1 rings (SSSR count). The lowest BCUT2D eigenvalue weighted by molar-refractivity contribution is 0.176. The Labute approximate surface area is 102 Å². The molecule has 92 valence electrons. The van der Waals surface area contributed by atoms with E-state index in [1.807, 2.05) is 0 Å². The van der Waals surface area contributed by atoms with Gasteiger partial charge in [0.2, 0.25) is 0 Å². The van der Waals surface area contributed by atoms with Gasteiger partial charge in [0.15, 0.2) is 0 Å². The van der Waals surface area contributed by atoms with Gasteiger partial charge in [0.25, 0.3) is 8.05 Å². The van der Waals surface area contributed by atoms with Gasteiger partial charge in [0.1, 0.15) is 6.33 Å². The quantitative estimate of drug-likeness (QED) is 0.404. The van der Waals surface area contributed by atoms with Gasteiger partial charge in [-0.1, -0.05) is 0 Å². The number of amides is 1. The van der Waals surface area contributed by atoms with E-state index in [4.69, 9.17) is 8.05 Å². The first-order chi connectivity index (χ1) is 8.27. The van der Waals surface area contributed by atoms with Crippen molar-refractivity contribution in [2.24, 2.45) is 0 Å². The Morgan fingerprint density at radius 3 is 3.00 bits per heavy atom. The van der Waals surface area contributed by atoms with Gasteiger partial charge in [-0.3, -0.25) is 9.88 Å². The monoisotopic (exact) mass is 236 g/mol. The molecule has 0 saturated carbocycles. The van der Waals surface area contributed by atoms with Crippen LogP contribution in [-0.2, 0) is 4.65 Å². The summed E-state index contributed by atoms with van der Waals surface area (Å²) in [6.07, 6.45) is 7.13. The highest BCUT2D eigenvalue weighted by molar-refractivity contribution is 5.98. The molecule has 0 fully saturated rings. The zero-order valence-corrected chi connectivity index (χ0v) is 9.93. The number of unbranched alkanes of at least 4 members (excludes halogenated alkanes) is 1. The summed E-state index contributed by atoms with van der Waals surface area (Å²) in [5, 5.41) is 5.71. The van der Waals surface area contributed by atoms with Crippen molar-refractivity contribution in [2.45, 2.75) is 25.5 Å². The van der Waals surface area contributed by atoms with Crippen LogP contribution in [0.15, 0.2) is 18.7 Å². The van der Waals surface area contributed by atoms with Crippen LogP contribution in [0.2, 0.25) is 0 Å². The molecule has 0 aliphatic heterocycles. The average Bonchev–Trinajstić information content (AvgIpc) is 2.87. The molecule has 2 radical (unpaired) electrons. The first-order valence-corrected chi connectivity index (χ1v) is 5.57. The second-order valence-electron chi connectivity index (χ2n) is 3.61. The smallest absolute Gasteiger partial charge is 0.326 e. The van der Waals surface area contributed by atoms with Gasteiger partial charge in [0.05, 0.1) is 6.23 Å². The Morgan fingerprint density at radius 2 is 2.41 bits per heavy atom. The van der Waals surface area contributed by atoms with Crippen molar-refractivity contribution in [3.8, 4) is 0 Å². The van der Waals surface area contributed by atoms with Crippen LogP contribution in [0, 0.1) is 0 Å². The third-order valence-electron chi connectivity index (χ3n) is 2.39. The van der Waals surface area contributed by atoms with Gasteiger partial charge in [0, 0.05) is 18.9 Å². The first kappa shape index (κ1) is 13.7. The Bertz CT molecular complexity index is 314. The van der Waals surface area contributed by atoms with Crippen molar-refractivity contribution < 1.29 is 9.45 Å². The number of nitrogens with one attached hydrogen (secondary N) is 2. The van der Waals surface area contributed by atoms with Crippen LogP contribution in [0.3, 0.4) is 0 Å². The molecule has 2 N–H and O–H groups in total. The summed E-state index contributed by atoms with van der Waals surface area (Å²) in [5.74, 6) is 0. The molecule has 1 amide bonds. The summed E-state index contributed by atoms with van der Waals surface area (Å²) in [6, 6.07) is -0.164. The van der Waals surface area contributed by atoms with Crippen molar-refractivity contribution in [2.75, 3.05) is 13.6 Å². The number of carbonyl (C=O) groups is 1. The number of aromatic nitrogens is 2. The van der Waals surface area contributed by atoms with Gasteiger partial charge >= 0.3 is 6.03 Å². The number of rotatable bonds is 7. The van der Waals surface area contributed by atoms with E-state index >= 15 is 0 Å². The van der Waals surface area contributed by atoms with Crippen LogP contribution in [-0.4, -0.2) is 43.5 Å². The van der Waals surface area contributed by atoms with E-state index in [1.165, 1.54) is 10.9 Å². The standard InChI is InChI=1S/C10H17BN4O2/c1-12-9(17-11)4-2-3-5-14-10(16)15-7-6-13-8-15/h6-9,12H,2-5H2,1H3,(H,14,16). The average molecular weight is 236 g/mol. The SMILES string of the molecule is [B]OC(CCCCNC(=O)n1ccnc1)NC. The lowest BCUT2D eigenvalue weighted by Gasteiger charge is -2.14. The Balaban J connectivity index is 2.06. The summed E-state index contributed by atoms with van der Waals surface area (Å²) in [4.78, 5) is 15.3. The molecule has 0 aliphatic carbocycles. The van der Waals surface area contributed by atoms with Crippen LogP contribution < -0.4 is 10.6 Å². The number of imidazole rings is 1. The predicted octanol–water partition coefficient (Wildman–Crippen LogP) is 0.257. The molecule has 0 saturated heterocycles. The highest BCUT2D eigenvalue weighted by atomic mass is 16.4. The van der Waals surface area contributed by atoms with Gasteiger partial charge in [-0.2, -0.15) is 0 Å². The molecule has 0 spiro atoms. The molecule has 1 aromatic heterocycles. The van der Waals surface area contributed by atoms with Gasteiger partial charge < -0.3 is 9.97 Å². The maximum atomic E-state index is 11.5. The minimum Gasteiger partial charge on any atom is -0.433 e. The maximum Gasteiger partial charge on any atom is 0.326 e. The third kappa shape index (κ3) is 5.01. The lowest BCUT2D eigenvalue weighted by Crippen LogP contribution is -2.29. The van der Waals surface area contributed by atoms with Gasteiger partial charge in [-0.05, 0) is 26.3 Å². The zero-order valence-electron chi connectivity index (χ0n) is 9.93. The molecule has 1 heterocycles. The van der Waals surface area contributed by atoms with E-state index in [0.29, 0.717) is 6.54 Å². The van der Waals surface area contributed by atoms with Crippen molar-refractivity contribution in [1.29, 1.82) is 0 Å². The molecule has 1 atom stereocenters. The second kappa shape index (κ2) is 7.86.